The van der Waals surface area contributed by atoms with Crippen molar-refractivity contribution in [2.24, 2.45) is 5.84 Å². The van der Waals surface area contributed by atoms with E-state index >= 15 is 0 Å². The molecule has 2 rings (SSSR count). The van der Waals surface area contributed by atoms with Crippen LogP contribution in [-0.4, -0.2) is 21.6 Å². The Morgan fingerprint density at radius 3 is 2.57 bits per heavy atom. The predicted octanol–water partition coefficient (Wildman–Crippen LogP) is 1.86. The number of hydrogen-bond acceptors (Lipinski definition) is 6. The average molecular weight is 287 g/mol. The number of benzene rings is 1. The maximum absolute atomic E-state index is 10.2. The number of nitrogen functional groups attached to an aromatic ring is 1. The number of aromatic nitrogens is 2. The van der Waals surface area contributed by atoms with Crippen molar-refractivity contribution in [2.75, 3.05) is 17.3 Å². The highest BCUT2D eigenvalue weighted by atomic mass is 16.3. The number of aliphatic hydroxyl groups excluding tert-OH is 1. The summed E-state index contributed by atoms with van der Waals surface area (Å²) in [6, 6.07) is 9.52. The molecule has 6 heteroatoms. The molecule has 0 fully saturated rings. The summed E-state index contributed by atoms with van der Waals surface area (Å²) in [5.41, 5.74) is 4.39. The average Bonchev–Trinajstić information content (AvgIpc) is 2.54. The number of hydrazine groups is 1. The molecule has 1 unspecified atom stereocenters. The Morgan fingerprint density at radius 1 is 1.19 bits per heavy atom. The van der Waals surface area contributed by atoms with Gasteiger partial charge in [-0.3, -0.25) is 0 Å². The molecule has 21 heavy (non-hydrogen) atoms. The maximum Gasteiger partial charge on any atom is 0.148 e. The second kappa shape index (κ2) is 7.56. The molecule has 0 radical (unpaired) electrons. The van der Waals surface area contributed by atoms with Crippen molar-refractivity contribution in [3.05, 3.63) is 47.8 Å². The summed E-state index contributed by atoms with van der Waals surface area (Å²) in [6.07, 6.45) is 2.62. The first-order chi connectivity index (χ1) is 10.3. The summed E-state index contributed by atoms with van der Waals surface area (Å²) in [5, 5.41) is 13.4. The van der Waals surface area contributed by atoms with Crippen LogP contribution in [0.25, 0.3) is 0 Å². The van der Waals surface area contributed by atoms with Crippen molar-refractivity contribution in [1.82, 2.24) is 9.97 Å². The Balaban J connectivity index is 2.09. The zero-order valence-corrected chi connectivity index (χ0v) is 12.1. The number of anilines is 2. The first-order valence-electron chi connectivity index (χ1n) is 7.03. The molecule has 0 aliphatic heterocycles. The van der Waals surface area contributed by atoms with E-state index in [4.69, 9.17) is 5.84 Å². The van der Waals surface area contributed by atoms with E-state index in [0.717, 1.165) is 24.0 Å². The Labute approximate surface area is 124 Å². The number of nitrogens with two attached hydrogens (primary N) is 1. The summed E-state index contributed by atoms with van der Waals surface area (Å²) < 4.78 is 0. The van der Waals surface area contributed by atoms with Gasteiger partial charge in [0.2, 0.25) is 0 Å². The van der Waals surface area contributed by atoms with Crippen molar-refractivity contribution in [3.8, 4) is 0 Å². The second-order valence-electron chi connectivity index (χ2n) is 4.75. The first kappa shape index (κ1) is 15.2. The van der Waals surface area contributed by atoms with E-state index in [0.29, 0.717) is 18.2 Å². The molecule has 0 aliphatic carbocycles. The van der Waals surface area contributed by atoms with Gasteiger partial charge in [-0.15, -0.1) is 0 Å². The van der Waals surface area contributed by atoms with Crippen LogP contribution in [-0.2, 0) is 6.42 Å². The highest BCUT2D eigenvalue weighted by Gasteiger charge is 2.12. The number of nitrogens with zero attached hydrogens (tertiary/aromatic N) is 2. The van der Waals surface area contributed by atoms with Crippen LogP contribution in [0, 0.1) is 0 Å². The Kier molecular flexibility index (Phi) is 5.48. The Hall–Kier alpha value is -2.18. The molecule has 5 N–H and O–H groups in total. The maximum atomic E-state index is 10.2. The van der Waals surface area contributed by atoms with Gasteiger partial charge in [0, 0.05) is 12.1 Å². The van der Waals surface area contributed by atoms with Gasteiger partial charge >= 0.3 is 0 Å². The number of rotatable bonds is 7. The van der Waals surface area contributed by atoms with Gasteiger partial charge in [0.05, 0.1) is 6.10 Å². The number of aliphatic hydroxyl groups is 1. The van der Waals surface area contributed by atoms with Crippen LogP contribution < -0.4 is 16.6 Å². The summed E-state index contributed by atoms with van der Waals surface area (Å²) in [4.78, 5) is 8.35. The van der Waals surface area contributed by atoms with Gasteiger partial charge < -0.3 is 15.8 Å². The lowest BCUT2D eigenvalue weighted by Gasteiger charge is -2.16. The lowest BCUT2D eigenvalue weighted by molar-refractivity contribution is 0.191. The smallest absolute Gasteiger partial charge is 0.148 e. The van der Waals surface area contributed by atoms with Crippen molar-refractivity contribution >= 4 is 11.6 Å². The fraction of sp³-hybridized carbons (Fsp3) is 0.333. The van der Waals surface area contributed by atoms with Gasteiger partial charge in [-0.25, -0.2) is 15.8 Å². The molecule has 0 amide bonds. The third-order valence-electron chi connectivity index (χ3n) is 3.23. The van der Waals surface area contributed by atoms with Gasteiger partial charge in [0.1, 0.15) is 18.0 Å². The molecule has 0 aliphatic rings. The van der Waals surface area contributed by atoms with Gasteiger partial charge in [-0.05, 0) is 12.0 Å². The quantitative estimate of drug-likeness (QED) is 0.458. The fourth-order valence-corrected chi connectivity index (χ4v) is 2.16. The van der Waals surface area contributed by atoms with E-state index in [1.807, 2.05) is 30.3 Å². The normalized spacial score (nSPS) is 12.0. The van der Waals surface area contributed by atoms with E-state index in [1.165, 1.54) is 6.33 Å². The summed E-state index contributed by atoms with van der Waals surface area (Å²) >= 11 is 0. The lowest BCUT2D eigenvalue weighted by atomic mass is 10.1. The van der Waals surface area contributed by atoms with Crippen LogP contribution in [0.4, 0.5) is 11.6 Å². The molecule has 112 valence electrons. The van der Waals surface area contributed by atoms with Gasteiger partial charge in [0.15, 0.2) is 0 Å². The van der Waals surface area contributed by atoms with Gasteiger partial charge in [-0.1, -0.05) is 43.7 Å². The molecule has 1 atom stereocenters. The molecule has 0 saturated carbocycles. The highest BCUT2D eigenvalue weighted by Crippen LogP contribution is 2.22. The summed E-state index contributed by atoms with van der Waals surface area (Å²) in [6.45, 7) is 2.46. The number of hydrogen-bond donors (Lipinski definition) is 4. The van der Waals surface area contributed by atoms with Crippen LogP contribution >= 0.6 is 0 Å². The van der Waals surface area contributed by atoms with Crippen LogP contribution in [0.15, 0.2) is 36.7 Å². The predicted molar refractivity (Wildman–Crippen MR) is 83.7 cm³/mol. The zero-order chi connectivity index (χ0) is 15.1. The minimum absolute atomic E-state index is 0.377. The fourth-order valence-electron chi connectivity index (χ4n) is 2.16. The second-order valence-corrected chi connectivity index (χ2v) is 4.75. The Morgan fingerprint density at radius 2 is 1.90 bits per heavy atom. The lowest BCUT2D eigenvalue weighted by Crippen LogP contribution is -2.17. The van der Waals surface area contributed by atoms with Crippen molar-refractivity contribution in [2.45, 2.75) is 25.9 Å². The van der Waals surface area contributed by atoms with Crippen LogP contribution in [0.2, 0.25) is 0 Å². The van der Waals surface area contributed by atoms with Gasteiger partial charge in [-0.2, -0.15) is 0 Å². The Bertz CT molecular complexity index is 561. The summed E-state index contributed by atoms with van der Waals surface area (Å²) in [7, 11) is 0. The largest absolute Gasteiger partial charge is 0.387 e. The van der Waals surface area contributed by atoms with Crippen molar-refractivity contribution in [1.29, 1.82) is 0 Å². The first-order valence-corrected chi connectivity index (χ1v) is 7.03. The van der Waals surface area contributed by atoms with Crippen LogP contribution in [0.5, 0.6) is 0 Å². The molecule has 0 saturated heterocycles. The third-order valence-corrected chi connectivity index (χ3v) is 3.23. The van der Waals surface area contributed by atoms with E-state index in [2.05, 4.69) is 27.6 Å². The number of nitrogens with one attached hydrogen (secondary N) is 2. The minimum Gasteiger partial charge on any atom is -0.387 e. The monoisotopic (exact) mass is 287 g/mol. The molecular formula is C15H21N5O. The van der Waals surface area contributed by atoms with Crippen molar-refractivity contribution in [3.63, 3.8) is 0 Å². The van der Waals surface area contributed by atoms with Crippen LogP contribution in [0.1, 0.15) is 30.6 Å². The van der Waals surface area contributed by atoms with E-state index in [9.17, 15) is 5.11 Å². The van der Waals surface area contributed by atoms with Crippen molar-refractivity contribution < 1.29 is 5.11 Å². The molecule has 1 aromatic heterocycles. The molecular weight excluding hydrogens is 266 g/mol. The molecule has 2 aromatic rings. The molecule has 0 spiro atoms. The van der Waals surface area contributed by atoms with E-state index in [-0.39, 0.29) is 0 Å². The van der Waals surface area contributed by atoms with E-state index in [1.54, 1.807) is 0 Å². The minimum atomic E-state index is -0.593. The molecule has 1 heterocycles. The van der Waals surface area contributed by atoms with Crippen LogP contribution in [0.3, 0.4) is 0 Å². The van der Waals surface area contributed by atoms with E-state index < -0.39 is 6.10 Å². The highest BCUT2D eigenvalue weighted by molar-refractivity contribution is 5.57. The van der Waals surface area contributed by atoms with Gasteiger partial charge in [0.25, 0.3) is 0 Å². The topological polar surface area (TPSA) is 96.1 Å². The molecule has 1 aromatic carbocycles. The zero-order valence-electron chi connectivity index (χ0n) is 12.1. The molecule has 6 nitrogen and oxygen atoms in total. The SMILES string of the molecule is CCCc1c(NN)ncnc1NCC(O)c1ccccc1. The molecule has 0 bridgehead atoms. The third kappa shape index (κ3) is 3.90. The standard InChI is InChI=1S/C15H21N5O/c1-2-6-12-14(18-10-19-15(12)20-16)17-9-13(21)11-7-4-3-5-8-11/h3-5,7-8,10,13,21H,2,6,9,16H2,1H3,(H2,17,18,19,20). The summed E-state index contributed by atoms with van der Waals surface area (Å²) in [5.74, 6) is 6.80.